The van der Waals surface area contributed by atoms with E-state index in [9.17, 15) is 5.11 Å². The van der Waals surface area contributed by atoms with Crippen LogP contribution in [0.5, 0.6) is 5.75 Å². The van der Waals surface area contributed by atoms with Gasteiger partial charge in [-0.15, -0.1) is 0 Å². The van der Waals surface area contributed by atoms with Crippen LogP contribution in [0.3, 0.4) is 0 Å². The summed E-state index contributed by atoms with van der Waals surface area (Å²) in [6, 6.07) is 6.20. The van der Waals surface area contributed by atoms with Gasteiger partial charge in [0.2, 0.25) is 0 Å². The Morgan fingerprint density at radius 1 is 1.38 bits per heavy atom. The largest absolute Gasteiger partial charge is 0.506 e. The van der Waals surface area contributed by atoms with Crippen molar-refractivity contribution in [2.45, 2.75) is 32.7 Å². The fourth-order valence-electron chi connectivity index (χ4n) is 2.72. The monoisotopic (exact) mass is 290 g/mol. The van der Waals surface area contributed by atoms with Crippen molar-refractivity contribution >= 4 is 17.1 Å². The average molecular weight is 290 g/mol. The van der Waals surface area contributed by atoms with Crippen LogP contribution in [0, 0.1) is 0 Å². The molecular formula is C16H26N4O. The zero-order valence-corrected chi connectivity index (χ0v) is 13.0. The van der Waals surface area contributed by atoms with E-state index in [0.29, 0.717) is 18.3 Å². The zero-order valence-electron chi connectivity index (χ0n) is 13.0. The van der Waals surface area contributed by atoms with Crippen molar-refractivity contribution < 1.29 is 5.11 Å². The predicted molar refractivity (Wildman–Crippen MR) is 88.8 cm³/mol. The maximum Gasteiger partial charge on any atom is 0.141 e. The molecule has 1 aromatic carbocycles. The molecule has 1 aromatic rings. The van der Waals surface area contributed by atoms with Gasteiger partial charge < -0.3 is 21.1 Å². The minimum atomic E-state index is 0.311. The second-order valence-corrected chi connectivity index (χ2v) is 5.74. The van der Waals surface area contributed by atoms with Gasteiger partial charge in [-0.05, 0) is 38.8 Å². The Morgan fingerprint density at radius 2 is 2.10 bits per heavy atom. The van der Waals surface area contributed by atoms with Crippen LogP contribution in [0.1, 0.15) is 26.7 Å². The third-order valence-electron chi connectivity index (χ3n) is 3.72. The summed E-state index contributed by atoms with van der Waals surface area (Å²) in [6.45, 7) is 7.35. The van der Waals surface area contributed by atoms with Crippen LogP contribution >= 0.6 is 0 Å². The molecule has 2 rings (SSSR count). The Kier molecular flexibility index (Phi) is 5.59. The Balaban J connectivity index is 1.99. The van der Waals surface area contributed by atoms with Gasteiger partial charge in [0, 0.05) is 44.0 Å². The van der Waals surface area contributed by atoms with Gasteiger partial charge in [-0.25, -0.2) is 0 Å². The van der Waals surface area contributed by atoms with Crippen LogP contribution in [-0.4, -0.2) is 43.0 Å². The molecule has 0 unspecified atom stereocenters. The first-order valence-corrected chi connectivity index (χ1v) is 7.63. The number of nitrogens with one attached hydrogen (secondary N) is 1. The van der Waals surface area contributed by atoms with E-state index in [4.69, 9.17) is 5.73 Å². The highest BCUT2D eigenvalue weighted by Crippen LogP contribution is 2.33. The molecule has 5 nitrogen and oxygen atoms in total. The van der Waals surface area contributed by atoms with E-state index in [1.165, 1.54) is 0 Å². The number of nitrogens with two attached hydrogens (primary N) is 1. The SMILES string of the molecule is CC(C)=Nc1ccc(N2CCC(NCCN)CC2)c(O)c1. The molecule has 0 amide bonds. The smallest absolute Gasteiger partial charge is 0.141 e. The molecule has 0 spiro atoms. The lowest BCUT2D eigenvalue weighted by Crippen LogP contribution is -2.43. The summed E-state index contributed by atoms with van der Waals surface area (Å²) in [5.41, 5.74) is 8.20. The van der Waals surface area contributed by atoms with E-state index >= 15 is 0 Å². The molecule has 0 saturated carbocycles. The first-order valence-electron chi connectivity index (χ1n) is 7.63. The van der Waals surface area contributed by atoms with Crippen LogP contribution in [-0.2, 0) is 0 Å². The number of anilines is 1. The number of hydrogen-bond donors (Lipinski definition) is 3. The lowest BCUT2D eigenvalue weighted by Gasteiger charge is -2.34. The number of nitrogens with zero attached hydrogens (tertiary/aromatic N) is 2. The van der Waals surface area contributed by atoms with Crippen molar-refractivity contribution in [1.29, 1.82) is 0 Å². The van der Waals surface area contributed by atoms with Gasteiger partial charge in [-0.3, -0.25) is 4.99 Å². The Bertz CT molecular complexity index is 489. The molecule has 5 heteroatoms. The van der Waals surface area contributed by atoms with E-state index < -0.39 is 0 Å². The lowest BCUT2D eigenvalue weighted by atomic mass is 10.0. The van der Waals surface area contributed by atoms with Gasteiger partial charge in [0.1, 0.15) is 5.75 Å². The topological polar surface area (TPSA) is 73.9 Å². The van der Waals surface area contributed by atoms with Gasteiger partial charge in [-0.1, -0.05) is 0 Å². The maximum atomic E-state index is 10.2. The van der Waals surface area contributed by atoms with Crippen molar-refractivity contribution in [2.75, 3.05) is 31.1 Å². The highest BCUT2D eigenvalue weighted by molar-refractivity contribution is 5.82. The molecule has 1 aliphatic heterocycles. The Morgan fingerprint density at radius 3 is 2.67 bits per heavy atom. The van der Waals surface area contributed by atoms with E-state index in [0.717, 1.165) is 49.6 Å². The molecule has 21 heavy (non-hydrogen) atoms. The van der Waals surface area contributed by atoms with Gasteiger partial charge in [0.05, 0.1) is 11.4 Å². The molecule has 0 aliphatic carbocycles. The molecule has 4 N–H and O–H groups in total. The van der Waals surface area contributed by atoms with Gasteiger partial charge in [0.25, 0.3) is 0 Å². The van der Waals surface area contributed by atoms with E-state index in [1.807, 2.05) is 26.0 Å². The fourth-order valence-corrected chi connectivity index (χ4v) is 2.72. The van der Waals surface area contributed by atoms with Crippen LogP contribution < -0.4 is 16.0 Å². The summed E-state index contributed by atoms with van der Waals surface area (Å²) in [6.07, 6.45) is 2.15. The summed E-state index contributed by atoms with van der Waals surface area (Å²) in [5, 5.41) is 13.7. The quantitative estimate of drug-likeness (QED) is 0.725. The number of aliphatic imine (C=N–C) groups is 1. The molecule has 0 bridgehead atoms. The predicted octanol–water partition coefficient (Wildman–Crippen LogP) is 2.02. The zero-order chi connectivity index (χ0) is 15.2. The van der Waals surface area contributed by atoms with E-state index in [2.05, 4.69) is 15.2 Å². The summed E-state index contributed by atoms with van der Waals surface area (Å²) >= 11 is 0. The van der Waals surface area contributed by atoms with Crippen LogP contribution in [0.4, 0.5) is 11.4 Å². The summed E-state index contributed by atoms with van der Waals surface area (Å²) < 4.78 is 0. The molecule has 1 fully saturated rings. The summed E-state index contributed by atoms with van der Waals surface area (Å²) in [4.78, 5) is 6.61. The van der Waals surface area contributed by atoms with Crippen molar-refractivity contribution in [1.82, 2.24) is 5.32 Å². The Labute approximate surface area is 126 Å². The molecule has 1 saturated heterocycles. The van der Waals surface area contributed by atoms with Crippen LogP contribution in [0.2, 0.25) is 0 Å². The van der Waals surface area contributed by atoms with Gasteiger partial charge in [0.15, 0.2) is 0 Å². The number of rotatable bonds is 5. The van der Waals surface area contributed by atoms with Crippen molar-refractivity contribution in [3.05, 3.63) is 18.2 Å². The minimum absolute atomic E-state index is 0.311. The average Bonchev–Trinajstić information content (AvgIpc) is 2.45. The normalized spacial score (nSPS) is 16.0. The standard InChI is InChI=1S/C16H26N4O/c1-12(2)19-14-3-4-15(16(21)11-14)20-9-5-13(6-10-20)18-8-7-17/h3-4,11,13,18,21H,5-10,17H2,1-2H3. The first kappa shape index (κ1) is 15.8. The third kappa shape index (κ3) is 4.44. The van der Waals surface area contributed by atoms with Gasteiger partial charge in [-0.2, -0.15) is 0 Å². The second kappa shape index (κ2) is 7.43. The molecule has 1 heterocycles. The molecule has 0 atom stereocenters. The molecule has 0 radical (unpaired) electrons. The minimum Gasteiger partial charge on any atom is -0.506 e. The lowest BCUT2D eigenvalue weighted by molar-refractivity contribution is 0.414. The maximum absolute atomic E-state index is 10.2. The number of aromatic hydroxyl groups is 1. The molecule has 116 valence electrons. The number of phenols is 1. The van der Waals surface area contributed by atoms with Crippen molar-refractivity contribution in [2.24, 2.45) is 10.7 Å². The highest BCUT2D eigenvalue weighted by Gasteiger charge is 2.20. The third-order valence-corrected chi connectivity index (χ3v) is 3.72. The highest BCUT2D eigenvalue weighted by atomic mass is 16.3. The van der Waals surface area contributed by atoms with Crippen molar-refractivity contribution in [3.63, 3.8) is 0 Å². The molecular weight excluding hydrogens is 264 g/mol. The first-order chi connectivity index (χ1) is 10.1. The van der Waals surface area contributed by atoms with E-state index in [1.54, 1.807) is 6.07 Å². The van der Waals surface area contributed by atoms with Crippen molar-refractivity contribution in [3.8, 4) is 5.75 Å². The molecule has 0 aromatic heterocycles. The van der Waals surface area contributed by atoms with Gasteiger partial charge >= 0.3 is 0 Å². The van der Waals surface area contributed by atoms with Crippen LogP contribution in [0.15, 0.2) is 23.2 Å². The summed E-state index contributed by atoms with van der Waals surface area (Å²) in [5.74, 6) is 0.311. The number of phenolic OH excluding ortho intramolecular Hbond substituents is 1. The number of benzene rings is 1. The van der Waals surface area contributed by atoms with Crippen LogP contribution in [0.25, 0.3) is 0 Å². The second-order valence-electron chi connectivity index (χ2n) is 5.74. The van der Waals surface area contributed by atoms with E-state index in [-0.39, 0.29) is 0 Å². The number of hydrogen-bond acceptors (Lipinski definition) is 5. The molecule has 1 aliphatic rings. The summed E-state index contributed by atoms with van der Waals surface area (Å²) in [7, 11) is 0. The number of piperidine rings is 1. The fraction of sp³-hybridized carbons (Fsp3) is 0.562. The Hall–Kier alpha value is -1.59.